The molecular weight excluding hydrogens is 228 g/mol. The topological polar surface area (TPSA) is 66.6 Å². The molecule has 4 nitrogen and oxygen atoms in total. The SMILES string of the molecule is NCCc1ccccc1C(=O)N1CCC[C@H]1CO. The number of carbonyl (C=O) groups excluding carboxylic acids is 1. The highest BCUT2D eigenvalue weighted by atomic mass is 16.3. The van der Waals surface area contributed by atoms with Crippen LogP contribution in [0, 0.1) is 0 Å². The molecule has 98 valence electrons. The Morgan fingerprint density at radius 2 is 2.22 bits per heavy atom. The third kappa shape index (κ3) is 2.54. The number of likely N-dealkylation sites (tertiary alicyclic amines) is 1. The van der Waals surface area contributed by atoms with Crippen LogP contribution < -0.4 is 5.73 Å². The fraction of sp³-hybridized carbons (Fsp3) is 0.500. The highest BCUT2D eigenvalue weighted by molar-refractivity contribution is 5.96. The molecule has 3 N–H and O–H groups in total. The summed E-state index contributed by atoms with van der Waals surface area (Å²) in [6, 6.07) is 7.57. The van der Waals surface area contributed by atoms with Crippen LogP contribution in [-0.2, 0) is 6.42 Å². The van der Waals surface area contributed by atoms with E-state index in [1.807, 2.05) is 24.3 Å². The minimum Gasteiger partial charge on any atom is -0.394 e. The van der Waals surface area contributed by atoms with Gasteiger partial charge in [0.15, 0.2) is 0 Å². The van der Waals surface area contributed by atoms with Crippen molar-refractivity contribution in [2.75, 3.05) is 19.7 Å². The molecule has 1 saturated heterocycles. The van der Waals surface area contributed by atoms with Crippen LogP contribution in [0.5, 0.6) is 0 Å². The van der Waals surface area contributed by atoms with Crippen molar-refractivity contribution in [2.45, 2.75) is 25.3 Å². The Kier molecular flexibility index (Phi) is 4.33. The summed E-state index contributed by atoms with van der Waals surface area (Å²) >= 11 is 0. The van der Waals surface area contributed by atoms with E-state index in [9.17, 15) is 9.90 Å². The van der Waals surface area contributed by atoms with Crippen molar-refractivity contribution in [3.63, 3.8) is 0 Å². The highest BCUT2D eigenvalue weighted by Crippen LogP contribution is 2.21. The van der Waals surface area contributed by atoms with Gasteiger partial charge in [0.05, 0.1) is 12.6 Å². The summed E-state index contributed by atoms with van der Waals surface area (Å²) in [6.07, 6.45) is 2.57. The lowest BCUT2D eigenvalue weighted by atomic mass is 10.0. The molecule has 0 bridgehead atoms. The van der Waals surface area contributed by atoms with E-state index in [4.69, 9.17) is 5.73 Å². The van der Waals surface area contributed by atoms with E-state index in [0.29, 0.717) is 13.0 Å². The molecule has 0 spiro atoms. The second-order valence-corrected chi connectivity index (χ2v) is 4.67. The van der Waals surface area contributed by atoms with Crippen LogP contribution >= 0.6 is 0 Å². The molecule has 0 saturated carbocycles. The summed E-state index contributed by atoms with van der Waals surface area (Å²) in [5.41, 5.74) is 7.29. The number of amides is 1. The number of carbonyl (C=O) groups is 1. The van der Waals surface area contributed by atoms with Crippen LogP contribution in [0.2, 0.25) is 0 Å². The second-order valence-electron chi connectivity index (χ2n) is 4.67. The van der Waals surface area contributed by atoms with Gasteiger partial charge >= 0.3 is 0 Å². The largest absolute Gasteiger partial charge is 0.394 e. The van der Waals surface area contributed by atoms with Gasteiger partial charge in [-0.05, 0) is 37.4 Å². The van der Waals surface area contributed by atoms with Crippen molar-refractivity contribution >= 4 is 5.91 Å². The molecule has 0 radical (unpaired) electrons. The zero-order valence-corrected chi connectivity index (χ0v) is 10.5. The third-order valence-corrected chi connectivity index (χ3v) is 3.51. The minimum atomic E-state index is -0.0246. The van der Waals surface area contributed by atoms with Gasteiger partial charge in [-0.15, -0.1) is 0 Å². The van der Waals surface area contributed by atoms with Crippen molar-refractivity contribution in [2.24, 2.45) is 5.73 Å². The Morgan fingerprint density at radius 3 is 2.94 bits per heavy atom. The predicted octanol–water partition coefficient (Wildman–Crippen LogP) is 0.785. The molecule has 1 aliphatic rings. The Hall–Kier alpha value is -1.39. The Bertz CT molecular complexity index is 420. The van der Waals surface area contributed by atoms with Crippen LogP contribution in [-0.4, -0.2) is 41.7 Å². The van der Waals surface area contributed by atoms with E-state index in [0.717, 1.165) is 30.5 Å². The number of rotatable bonds is 4. The number of nitrogens with zero attached hydrogens (tertiary/aromatic N) is 1. The first-order valence-corrected chi connectivity index (χ1v) is 6.47. The summed E-state index contributed by atoms with van der Waals surface area (Å²) in [5, 5.41) is 9.29. The third-order valence-electron chi connectivity index (χ3n) is 3.51. The van der Waals surface area contributed by atoms with Crippen LogP contribution in [0.4, 0.5) is 0 Å². The molecule has 0 aliphatic carbocycles. The lowest BCUT2D eigenvalue weighted by Crippen LogP contribution is -2.38. The predicted molar refractivity (Wildman–Crippen MR) is 70.3 cm³/mol. The summed E-state index contributed by atoms with van der Waals surface area (Å²) in [4.78, 5) is 14.3. The number of benzene rings is 1. The van der Waals surface area contributed by atoms with Crippen LogP contribution in [0.25, 0.3) is 0 Å². The van der Waals surface area contributed by atoms with Crippen LogP contribution in [0.1, 0.15) is 28.8 Å². The smallest absolute Gasteiger partial charge is 0.254 e. The van der Waals surface area contributed by atoms with Crippen LogP contribution in [0.15, 0.2) is 24.3 Å². The molecule has 1 amide bonds. The Morgan fingerprint density at radius 1 is 1.44 bits per heavy atom. The van der Waals surface area contributed by atoms with E-state index in [1.165, 1.54) is 0 Å². The van der Waals surface area contributed by atoms with E-state index in [-0.39, 0.29) is 18.6 Å². The molecule has 2 rings (SSSR count). The molecule has 0 unspecified atom stereocenters. The maximum absolute atomic E-state index is 12.5. The summed E-state index contributed by atoms with van der Waals surface area (Å²) < 4.78 is 0. The average molecular weight is 248 g/mol. The quantitative estimate of drug-likeness (QED) is 0.827. The summed E-state index contributed by atoms with van der Waals surface area (Å²) in [7, 11) is 0. The molecule has 18 heavy (non-hydrogen) atoms. The number of nitrogens with two attached hydrogens (primary N) is 1. The van der Waals surface area contributed by atoms with Crippen molar-refractivity contribution in [3.8, 4) is 0 Å². The molecule has 1 aromatic rings. The zero-order chi connectivity index (χ0) is 13.0. The highest BCUT2D eigenvalue weighted by Gasteiger charge is 2.29. The van der Waals surface area contributed by atoms with Gasteiger partial charge in [-0.1, -0.05) is 18.2 Å². The first-order chi connectivity index (χ1) is 8.77. The van der Waals surface area contributed by atoms with Gasteiger partial charge in [-0.2, -0.15) is 0 Å². The molecule has 4 heteroatoms. The lowest BCUT2D eigenvalue weighted by molar-refractivity contribution is 0.0676. The van der Waals surface area contributed by atoms with Crippen LogP contribution in [0.3, 0.4) is 0 Å². The standard InChI is InChI=1S/C14H20N2O2/c15-8-7-11-4-1-2-6-13(11)14(18)16-9-3-5-12(16)10-17/h1-2,4,6,12,17H,3,5,7-10,15H2/t12-/m0/s1. The molecular formula is C14H20N2O2. The lowest BCUT2D eigenvalue weighted by Gasteiger charge is -2.24. The summed E-state index contributed by atoms with van der Waals surface area (Å²) in [5.74, 6) is 0.0237. The zero-order valence-electron chi connectivity index (χ0n) is 10.5. The second kappa shape index (κ2) is 5.98. The number of hydrogen-bond donors (Lipinski definition) is 2. The van der Waals surface area contributed by atoms with E-state index < -0.39 is 0 Å². The van der Waals surface area contributed by atoms with Gasteiger partial charge in [-0.3, -0.25) is 4.79 Å². The van der Waals surface area contributed by atoms with Gasteiger partial charge in [0, 0.05) is 12.1 Å². The molecule has 1 aromatic carbocycles. The maximum atomic E-state index is 12.5. The van der Waals surface area contributed by atoms with E-state index >= 15 is 0 Å². The number of hydrogen-bond acceptors (Lipinski definition) is 3. The Labute approximate surface area is 107 Å². The van der Waals surface area contributed by atoms with Crippen molar-refractivity contribution in [1.82, 2.24) is 4.90 Å². The fourth-order valence-corrected chi connectivity index (χ4v) is 2.55. The minimum absolute atomic E-state index is 0.0237. The van der Waals surface area contributed by atoms with Gasteiger partial charge in [0.1, 0.15) is 0 Å². The molecule has 0 aromatic heterocycles. The number of aliphatic hydroxyl groups excluding tert-OH is 1. The molecule has 1 fully saturated rings. The fourth-order valence-electron chi connectivity index (χ4n) is 2.55. The van der Waals surface area contributed by atoms with Crippen molar-refractivity contribution in [1.29, 1.82) is 0 Å². The van der Waals surface area contributed by atoms with Crippen molar-refractivity contribution < 1.29 is 9.90 Å². The first kappa shape index (κ1) is 13.1. The molecule has 1 aliphatic heterocycles. The van der Waals surface area contributed by atoms with Gasteiger partial charge in [0.25, 0.3) is 5.91 Å². The Balaban J connectivity index is 2.22. The summed E-state index contributed by atoms with van der Waals surface area (Å²) in [6.45, 7) is 1.32. The van der Waals surface area contributed by atoms with Gasteiger partial charge in [-0.25, -0.2) is 0 Å². The first-order valence-electron chi connectivity index (χ1n) is 6.47. The van der Waals surface area contributed by atoms with E-state index in [2.05, 4.69) is 0 Å². The monoisotopic (exact) mass is 248 g/mol. The normalized spacial score (nSPS) is 19.2. The van der Waals surface area contributed by atoms with Gasteiger partial charge < -0.3 is 15.7 Å². The molecule has 1 heterocycles. The van der Waals surface area contributed by atoms with Crippen molar-refractivity contribution in [3.05, 3.63) is 35.4 Å². The maximum Gasteiger partial charge on any atom is 0.254 e. The van der Waals surface area contributed by atoms with Gasteiger partial charge in [0.2, 0.25) is 0 Å². The number of aliphatic hydroxyl groups is 1. The van der Waals surface area contributed by atoms with E-state index in [1.54, 1.807) is 4.90 Å². The average Bonchev–Trinajstić information content (AvgIpc) is 2.87. The molecule has 1 atom stereocenters.